The molecule has 0 aliphatic carbocycles. The Bertz CT molecular complexity index is 166. The maximum absolute atomic E-state index is 10.3. The normalized spacial score (nSPS) is 15.3. The molecule has 0 saturated heterocycles. The van der Waals surface area contributed by atoms with Gasteiger partial charge >= 0.3 is 5.97 Å². The van der Waals surface area contributed by atoms with E-state index in [9.17, 15) is 4.79 Å². The summed E-state index contributed by atoms with van der Waals surface area (Å²) in [6.07, 6.45) is 4.88. The molecule has 0 heterocycles. The van der Waals surface area contributed by atoms with Crippen LogP contribution in [-0.4, -0.2) is 35.4 Å². The fourth-order valence-electron chi connectivity index (χ4n) is 0.433. The zero-order valence-corrected chi connectivity index (χ0v) is 5.59. The lowest BCUT2D eigenvalue weighted by Gasteiger charge is -2.19. The van der Waals surface area contributed by atoms with Crippen LogP contribution in [0.25, 0.3) is 0 Å². The van der Waals surface area contributed by atoms with E-state index in [4.69, 9.17) is 16.6 Å². The standard InChI is InChI=1S/C6H9NO3/c1-3-6(4-8,7-2)5(9)10/h1,7-8H,4H2,2H3,(H,9,10). The van der Waals surface area contributed by atoms with E-state index >= 15 is 0 Å². The van der Waals surface area contributed by atoms with Crippen molar-refractivity contribution in [2.24, 2.45) is 0 Å². The molecule has 0 amide bonds. The van der Waals surface area contributed by atoms with Crippen molar-refractivity contribution in [3.8, 4) is 12.3 Å². The molecule has 0 aliphatic rings. The topological polar surface area (TPSA) is 69.6 Å². The highest BCUT2D eigenvalue weighted by molar-refractivity contribution is 5.83. The number of rotatable bonds is 3. The average Bonchev–Trinajstić information content (AvgIpc) is 1.92. The van der Waals surface area contributed by atoms with E-state index in [1.54, 1.807) is 0 Å². The lowest BCUT2D eigenvalue weighted by molar-refractivity contribution is -0.143. The third kappa shape index (κ3) is 1.26. The number of carboxylic acids is 1. The van der Waals surface area contributed by atoms with Crippen molar-refractivity contribution in [3.63, 3.8) is 0 Å². The van der Waals surface area contributed by atoms with Gasteiger partial charge in [0.1, 0.15) is 0 Å². The van der Waals surface area contributed by atoms with Gasteiger partial charge in [0.05, 0.1) is 6.61 Å². The van der Waals surface area contributed by atoms with Gasteiger partial charge in [0.2, 0.25) is 5.54 Å². The van der Waals surface area contributed by atoms with Gasteiger partial charge in [-0.15, -0.1) is 6.42 Å². The molecule has 56 valence electrons. The van der Waals surface area contributed by atoms with Crippen LogP contribution < -0.4 is 5.32 Å². The van der Waals surface area contributed by atoms with Gasteiger partial charge in [-0.3, -0.25) is 5.32 Å². The molecular weight excluding hydrogens is 134 g/mol. The number of aliphatic hydroxyl groups excluding tert-OH is 1. The Morgan fingerprint density at radius 1 is 1.90 bits per heavy atom. The molecule has 10 heavy (non-hydrogen) atoms. The second-order valence-corrected chi connectivity index (χ2v) is 1.76. The van der Waals surface area contributed by atoms with Gasteiger partial charge in [0.25, 0.3) is 0 Å². The molecule has 0 aliphatic heterocycles. The summed E-state index contributed by atoms with van der Waals surface area (Å²) >= 11 is 0. The van der Waals surface area contributed by atoms with E-state index in [-0.39, 0.29) is 0 Å². The SMILES string of the molecule is C#CC(CO)(NC)C(=O)O. The molecule has 0 aromatic heterocycles. The molecule has 4 nitrogen and oxygen atoms in total. The maximum atomic E-state index is 10.3. The first-order valence-corrected chi connectivity index (χ1v) is 2.64. The monoisotopic (exact) mass is 143 g/mol. The molecule has 0 saturated carbocycles. The Kier molecular flexibility index (Phi) is 2.87. The van der Waals surface area contributed by atoms with E-state index in [0.29, 0.717) is 0 Å². The van der Waals surface area contributed by atoms with Crippen molar-refractivity contribution in [2.45, 2.75) is 5.54 Å². The number of aliphatic hydroxyl groups is 1. The molecule has 1 atom stereocenters. The first-order valence-electron chi connectivity index (χ1n) is 2.64. The van der Waals surface area contributed by atoms with E-state index < -0.39 is 18.1 Å². The van der Waals surface area contributed by atoms with Crippen LogP contribution in [0, 0.1) is 12.3 Å². The molecule has 0 aromatic carbocycles. The second-order valence-electron chi connectivity index (χ2n) is 1.76. The number of nitrogens with one attached hydrogen (secondary N) is 1. The predicted molar refractivity (Wildman–Crippen MR) is 35.3 cm³/mol. The van der Waals surface area contributed by atoms with E-state index in [2.05, 4.69) is 5.32 Å². The van der Waals surface area contributed by atoms with Gasteiger partial charge in [0, 0.05) is 0 Å². The van der Waals surface area contributed by atoms with Gasteiger partial charge in [-0.1, -0.05) is 5.92 Å². The maximum Gasteiger partial charge on any atom is 0.338 e. The van der Waals surface area contributed by atoms with Crippen LogP contribution in [0.3, 0.4) is 0 Å². The minimum atomic E-state index is -1.62. The lowest BCUT2D eigenvalue weighted by atomic mass is 10.0. The Hall–Kier alpha value is -1.05. The van der Waals surface area contributed by atoms with Crippen molar-refractivity contribution in [2.75, 3.05) is 13.7 Å². The summed E-state index contributed by atoms with van der Waals surface area (Å²) in [6.45, 7) is -0.616. The third-order valence-corrected chi connectivity index (χ3v) is 1.28. The van der Waals surface area contributed by atoms with E-state index in [1.165, 1.54) is 7.05 Å². The van der Waals surface area contributed by atoms with Crippen LogP contribution in [0.1, 0.15) is 0 Å². The summed E-state index contributed by atoms with van der Waals surface area (Å²) in [6, 6.07) is 0. The second kappa shape index (κ2) is 3.20. The lowest BCUT2D eigenvalue weighted by Crippen LogP contribution is -2.52. The molecule has 3 N–H and O–H groups in total. The molecule has 0 bridgehead atoms. The number of hydrogen-bond donors (Lipinski definition) is 3. The molecule has 0 rings (SSSR count). The van der Waals surface area contributed by atoms with Crippen LogP contribution in [0.4, 0.5) is 0 Å². The zero-order valence-electron chi connectivity index (χ0n) is 5.59. The number of likely N-dealkylation sites (N-methyl/N-ethyl adjacent to an activating group) is 1. The molecule has 0 fully saturated rings. The van der Waals surface area contributed by atoms with Crippen LogP contribution in [0.2, 0.25) is 0 Å². The van der Waals surface area contributed by atoms with Gasteiger partial charge in [-0.25, -0.2) is 4.79 Å². The summed E-state index contributed by atoms with van der Waals surface area (Å²) in [5.41, 5.74) is -1.62. The Morgan fingerprint density at radius 2 is 2.40 bits per heavy atom. The van der Waals surface area contributed by atoms with Crippen LogP contribution in [-0.2, 0) is 4.79 Å². The van der Waals surface area contributed by atoms with Crippen LogP contribution in [0.15, 0.2) is 0 Å². The minimum Gasteiger partial charge on any atom is -0.479 e. The Labute approximate surface area is 58.9 Å². The third-order valence-electron chi connectivity index (χ3n) is 1.28. The molecule has 0 radical (unpaired) electrons. The van der Waals surface area contributed by atoms with Crippen molar-refractivity contribution < 1.29 is 15.0 Å². The fraction of sp³-hybridized carbons (Fsp3) is 0.500. The summed E-state index contributed by atoms with van der Waals surface area (Å²) < 4.78 is 0. The number of hydrogen-bond acceptors (Lipinski definition) is 3. The molecule has 0 spiro atoms. The molecule has 4 heteroatoms. The molecule has 0 aromatic rings. The summed E-state index contributed by atoms with van der Waals surface area (Å²) in [4.78, 5) is 10.3. The molecular formula is C6H9NO3. The molecule has 1 unspecified atom stereocenters. The van der Waals surface area contributed by atoms with Crippen molar-refractivity contribution in [1.82, 2.24) is 5.32 Å². The van der Waals surface area contributed by atoms with Gasteiger partial charge in [-0.2, -0.15) is 0 Å². The average molecular weight is 143 g/mol. The van der Waals surface area contributed by atoms with Gasteiger partial charge in [0.15, 0.2) is 0 Å². The minimum absolute atomic E-state index is 0.616. The number of terminal acetylenes is 1. The number of carbonyl (C=O) groups is 1. The van der Waals surface area contributed by atoms with Crippen molar-refractivity contribution in [3.05, 3.63) is 0 Å². The number of aliphatic carboxylic acids is 1. The fourth-order valence-corrected chi connectivity index (χ4v) is 0.433. The van der Waals surface area contributed by atoms with Crippen molar-refractivity contribution >= 4 is 5.97 Å². The largest absolute Gasteiger partial charge is 0.479 e. The highest BCUT2D eigenvalue weighted by atomic mass is 16.4. The summed E-state index contributed by atoms with van der Waals surface area (Å²) in [5.74, 6) is 0.704. The van der Waals surface area contributed by atoms with Crippen LogP contribution >= 0.6 is 0 Å². The van der Waals surface area contributed by atoms with Gasteiger partial charge in [-0.05, 0) is 7.05 Å². The van der Waals surface area contributed by atoms with E-state index in [1.807, 2.05) is 5.92 Å². The summed E-state index contributed by atoms with van der Waals surface area (Å²) in [7, 11) is 1.38. The first-order chi connectivity index (χ1) is 4.63. The zero-order chi connectivity index (χ0) is 8.20. The van der Waals surface area contributed by atoms with E-state index in [0.717, 1.165) is 0 Å². The summed E-state index contributed by atoms with van der Waals surface area (Å²) in [5, 5.41) is 19.3. The Balaban J connectivity index is 4.52. The van der Waals surface area contributed by atoms with Gasteiger partial charge < -0.3 is 10.2 Å². The predicted octanol–water partition coefficient (Wildman–Crippen LogP) is -1.35. The number of carboxylic acid groups (broad SMARTS) is 1. The van der Waals surface area contributed by atoms with Crippen molar-refractivity contribution in [1.29, 1.82) is 0 Å². The quantitative estimate of drug-likeness (QED) is 0.427. The highest BCUT2D eigenvalue weighted by Crippen LogP contribution is 1.99. The van der Waals surface area contributed by atoms with Crippen LogP contribution in [0.5, 0.6) is 0 Å². The Morgan fingerprint density at radius 3 is 2.40 bits per heavy atom. The smallest absolute Gasteiger partial charge is 0.338 e. The first kappa shape index (κ1) is 8.95. The highest BCUT2D eigenvalue weighted by Gasteiger charge is 2.33.